The number of rotatable bonds is 7. The summed E-state index contributed by atoms with van der Waals surface area (Å²) in [6.07, 6.45) is 30.3. The van der Waals surface area contributed by atoms with E-state index in [4.69, 9.17) is 4.98 Å². The normalized spacial score (nSPS) is 34.4. The van der Waals surface area contributed by atoms with E-state index in [-0.39, 0.29) is 73.8 Å². The van der Waals surface area contributed by atoms with Crippen molar-refractivity contribution in [3.8, 4) is 28.7 Å². The number of aliphatic hydroxyl groups excluding tert-OH is 1. The lowest BCUT2D eigenvalue weighted by atomic mass is 9.31. The van der Waals surface area contributed by atoms with Crippen LogP contribution in [0, 0.1) is 39.9 Å². The van der Waals surface area contributed by atoms with Crippen molar-refractivity contribution in [2.24, 2.45) is 39.9 Å². The first-order valence-electron chi connectivity index (χ1n) is 24.7. The molecule has 0 bridgehead atoms. The molecule has 12 rings (SSSR count). The zero-order valence-electron chi connectivity index (χ0n) is 37.2. The largest absolute Gasteiger partial charge is 0.507 e. The number of fused-ring (bicyclic) bond motifs is 5. The van der Waals surface area contributed by atoms with E-state index in [9.17, 15) is 30.6 Å². The van der Waals surface area contributed by atoms with Crippen molar-refractivity contribution in [2.45, 2.75) is 126 Å². The zero-order valence-corrected chi connectivity index (χ0v) is 37.2. The highest BCUT2D eigenvalue weighted by molar-refractivity contribution is 6.03. The highest BCUT2D eigenvalue weighted by Crippen LogP contribution is 2.79. The molecule has 5 saturated carbocycles. The van der Waals surface area contributed by atoms with E-state index in [0.29, 0.717) is 52.7 Å². The van der Waals surface area contributed by atoms with Gasteiger partial charge in [-0.25, -0.2) is 4.98 Å². The summed E-state index contributed by atoms with van der Waals surface area (Å²) in [7, 11) is 0. The molecule has 7 aliphatic rings. The summed E-state index contributed by atoms with van der Waals surface area (Å²) in [5.74, 6) is 0.650. The fourth-order valence-corrected chi connectivity index (χ4v) is 16.9. The van der Waals surface area contributed by atoms with E-state index >= 15 is 0 Å². The van der Waals surface area contributed by atoms with Crippen molar-refractivity contribution in [2.75, 3.05) is 0 Å². The number of allylic oxidation sites excluding steroid dienone is 1. The molecule has 8 N–H and O–H groups in total. The Labute approximate surface area is 381 Å². The third kappa shape index (κ3) is 5.86. The molecule has 10 atom stereocenters. The van der Waals surface area contributed by atoms with Crippen molar-refractivity contribution in [3.05, 3.63) is 119 Å². The predicted octanol–water partition coefficient (Wildman–Crippen LogP) is 10.9. The lowest BCUT2D eigenvalue weighted by molar-refractivity contribution is -0.213. The molecule has 9 heteroatoms. The third-order valence-electron chi connectivity index (χ3n) is 19.4. The number of aromatic nitrogens is 2. The van der Waals surface area contributed by atoms with Crippen LogP contribution in [-0.2, 0) is 18.3 Å². The molecule has 6 fully saturated rings. The average Bonchev–Trinajstić information content (AvgIpc) is 4.16. The molecule has 4 aromatic carbocycles. The Kier molecular flexibility index (Phi) is 9.60. The Bertz CT molecular complexity index is 2700. The van der Waals surface area contributed by atoms with Gasteiger partial charge in [0.2, 0.25) is 0 Å². The molecule has 1 aromatic heterocycles. The van der Waals surface area contributed by atoms with Gasteiger partial charge in [0.15, 0.2) is 23.0 Å². The van der Waals surface area contributed by atoms with Crippen LogP contribution in [0.1, 0.15) is 129 Å². The maximum absolute atomic E-state index is 12.7. The number of H-pyrrole nitrogens is 1. The maximum Gasteiger partial charge on any atom is 0.169 e. The molecule has 0 radical (unpaired) electrons. The number of hydrogen-bond donors (Lipinski definition) is 8. The van der Waals surface area contributed by atoms with Gasteiger partial charge in [-0.3, -0.25) is 0 Å². The van der Waals surface area contributed by atoms with Crippen LogP contribution < -0.4 is 5.32 Å². The van der Waals surface area contributed by atoms with Crippen molar-refractivity contribution in [1.82, 2.24) is 15.3 Å². The van der Waals surface area contributed by atoms with Crippen LogP contribution in [0.25, 0.3) is 22.9 Å². The number of aryl methyl sites for hydroxylation is 1. The number of piperidine rings is 1. The van der Waals surface area contributed by atoms with E-state index in [1.54, 1.807) is 18.2 Å². The topological polar surface area (TPSA) is 162 Å². The molecule has 338 valence electrons. The Morgan fingerprint density at radius 2 is 1.58 bits per heavy atom. The summed E-state index contributed by atoms with van der Waals surface area (Å²) in [5.41, 5.74) is 5.72. The SMILES string of the molecule is Oc1ccc(/C=C/c2c(CCc3ccc([C@H]4CC5(CCCC5)[C@@H]5C[C@H]6CCC[C@]67CC[C@]68CCC[C@@H]6C=C[C@@H](O)[C@@H]8[C@]7(c6cnc[nH]6)[C@H]5N4)cc3)c(O)c(O)c3c(O)cccc23)cc1O. The summed E-state index contributed by atoms with van der Waals surface area (Å²) < 4.78 is 0. The van der Waals surface area contributed by atoms with Gasteiger partial charge < -0.3 is 40.9 Å². The van der Waals surface area contributed by atoms with Crippen LogP contribution in [0.3, 0.4) is 0 Å². The Morgan fingerprint density at radius 1 is 0.754 bits per heavy atom. The fourth-order valence-electron chi connectivity index (χ4n) is 16.9. The van der Waals surface area contributed by atoms with Crippen LogP contribution in [-0.4, -0.2) is 52.8 Å². The van der Waals surface area contributed by atoms with Gasteiger partial charge in [-0.15, -0.1) is 0 Å². The quantitative estimate of drug-likeness (QED) is 0.0455. The number of aliphatic hydroxyl groups is 1. The maximum atomic E-state index is 12.7. The van der Waals surface area contributed by atoms with Gasteiger partial charge in [-0.05, 0) is 157 Å². The molecule has 9 nitrogen and oxygen atoms in total. The van der Waals surface area contributed by atoms with Crippen LogP contribution in [0.2, 0.25) is 0 Å². The van der Waals surface area contributed by atoms with E-state index in [1.807, 2.05) is 18.5 Å². The van der Waals surface area contributed by atoms with Crippen LogP contribution in [0.15, 0.2) is 85.3 Å². The van der Waals surface area contributed by atoms with Gasteiger partial charge in [0.05, 0.1) is 17.8 Å². The number of aromatic hydroxyl groups is 5. The Balaban J connectivity index is 0.906. The lowest BCUT2D eigenvalue weighted by Gasteiger charge is -2.74. The first kappa shape index (κ1) is 41.2. The van der Waals surface area contributed by atoms with Crippen LogP contribution >= 0.6 is 0 Å². The number of phenols is 5. The highest BCUT2D eigenvalue weighted by atomic mass is 16.3. The molecule has 0 unspecified atom stereocenters. The first-order chi connectivity index (χ1) is 31.6. The molecular formula is C56H63N3O6. The molecule has 65 heavy (non-hydrogen) atoms. The third-order valence-corrected chi connectivity index (χ3v) is 19.4. The summed E-state index contributed by atoms with van der Waals surface area (Å²) >= 11 is 0. The first-order valence-corrected chi connectivity index (χ1v) is 24.7. The van der Waals surface area contributed by atoms with Crippen molar-refractivity contribution in [1.29, 1.82) is 0 Å². The molecule has 1 aliphatic heterocycles. The molecule has 2 heterocycles. The second-order valence-corrected chi connectivity index (χ2v) is 21.6. The predicted molar refractivity (Wildman–Crippen MR) is 252 cm³/mol. The van der Waals surface area contributed by atoms with Crippen molar-refractivity contribution >= 4 is 22.9 Å². The summed E-state index contributed by atoms with van der Waals surface area (Å²) in [4.78, 5) is 8.64. The molecule has 0 amide bonds. The second kappa shape index (κ2) is 15.1. The molecule has 5 aromatic rings. The van der Waals surface area contributed by atoms with Gasteiger partial charge in [-0.1, -0.05) is 92.5 Å². The molecular weight excluding hydrogens is 811 g/mol. The molecule has 6 aliphatic carbocycles. The fraction of sp³-hybridized carbons (Fsp3) is 0.482. The van der Waals surface area contributed by atoms with Gasteiger partial charge >= 0.3 is 0 Å². The van der Waals surface area contributed by atoms with E-state index in [1.165, 1.54) is 113 Å². The Hall–Kier alpha value is -5.25. The number of imidazole rings is 1. The second-order valence-electron chi connectivity index (χ2n) is 21.6. The minimum absolute atomic E-state index is 0.0967. The molecule has 3 spiro atoms. The zero-order chi connectivity index (χ0) is 44.3. The van der Waals surface area contributed by atoms with Gasteiger partial charge in [0.25, 0.3) is 0 Å². The average molecular weight is 874 g/mol. The van der Waals surface area contributed by atoms with Gasteiger partial charge in [0.1, 0.15) is 5.75 Å². The highest BCUT2D eigenvalue weighted by Gasteiger charge is 2.78. The summed E-state index contributed by atoms with van der Waals surface area (Å²) in [5, 5.41) is 71.6. The van der Waals surface area contributed by atoms with Gasteiger partial charge in [-0.2, -0.15) is 0 Å². The van der Waals surface area contributed by atoms with Gasteiger partial charge in [0, 0.05) is 40.9 Å². The minimum atomic E-state index is -0.488. The van der Waals surface area contributed by atoms with Crippen molar-refractivity contribution < 1.29 is 30.6 Å². The number of benzene rings is 4. The number of hydrogen-bond acceptors (Lipinski definition) is 8. The van der Waals surface area contributed by atoms with Crippen LogP contribution in [0.4, 0.5) is 0 Å². The summed E-state index contributed by atoms with van der Waals surface area (Å²) in [6.45, 7) is 0. The van der Waals surface area contributed by atoms with Crippen molar-refractivity contribution in [3.63, 3.8) is 0 Å². The Morgan fingerprint density at radius 3 is 2.38 bits per heavy atom. The smallest absolute Gasteiger partial charge is 0.169 e. The van der Waals surface area contributed by atoms with E-state index in [0.717, 1.165) is 12.0 Å². The number of phenolic OH excluding ortho intramolecular Hbond substituents is 5. The standard InChI is InChI=1S/C56H63N3O6/c60-43-20-14-34(28-46(43)63)13-18-38-39-8-3-9-44(61)48(39)50(65)49(64)40(38)19-12-33-10-15-35(16-11-33)42-30-53(22-1-2-23-53)41-29-37-7-5-25-55(37)27-26-54-24-4-6-36(54)17-21-45(62)51(54)56(55,52(41)59-42)47-31-57-32-58-47/h3,8-11,13-18,20-21,28,31-32,36-37,41-42,45,51-52,59-65H,1-2,4-7,12,19,22-27,29-30H2,(H,57,58)/b18-13+/t36-,37-,41-,42-,45-,51+,52+,54-,55+,56-/m1/s1. The number of nitrogens with zero attached hydrogens (tertiary/aromatic N) is 1. The lowest BCUT2D eigenvalue weighted by Crippen LogP contribution is -2.78. The van der Waals surface area contributed by atoms with E-state index < -0.39 is 6.10 Å². The summed E-state index contributed by atoms with van der Waals surface area (Å²) in [6, 6.07) is 19.1. The number of aromatic amines is 1. The number of nitrogens with one attached hydrogen (secondary N) is 2. The monoisotopic (exact) mass is 873 g/mol. The van der Waals surface area contributed by atoms with E-state index in [2.05, 4.69) is 52.9 Å². The minimum Gasteiger partial charge on any atom is -0.507 e. The van der Waals surface area contributed by atoms with Crippen LogP contribution in [0.5, 0.6) is 28.7 Å². The molecule has 1 saturated heterocycles.